The lowest BCUT2D eigenvalue weighted by Crippen LogP contribution is -2.07. The van der Waals surface area contributed by atoms with Gasteiger partial charge in [0.15, 0.2) is 0 Å². The van der Waals surface area contributed by atoms with Crippen LogP contribution < -0.4 is 5.73 Å². The number of anilines is 1. The highest BCUT2D eigenvalue weighted by Crippen LogP contribution is 2.17. The molecular formula is C12H14FN3. The molecular weight excluding hydrogens is 205 g/mol. The van der Waals surface area contributed by atoms with Crippen LogP contribution in [0.2, 0.25) is 0 Å². The smallest absolute Gasteiger partial charge is 0.130 e. The second-order valence-corrected chi connectivity index (χ2v) is 3.63. The van der Waals surface area contributed by atoms with Gasteiger partial charge < -0.3 is 10.3 Å². The molecule has 0 spiro atoms. The minimum absolute atomic E-state index is 0.268. The van der Waals surface area contributed by atoms with Crippen LogP contribution in [0, 0.1) is 5.82 Å². The zero-order chi connectivity index (χ0) is 11.5. The van der Waals surface area contributed by atoms with Gasteiger partial charge in [0.05, 0.1) is 6.54 Å². The standard InChI is InChI=1S/C12H14FN3/c1-2-12-15-6-7-16(12)8-9-10(13)4-3-5-11(9)14/h3-7H,2,8,14H2,1H3. The molecule has 84 valence electrons. The number of imidazole rings is 1. The lowest BCUT2D eigenvalue weighted by molar-refractivity contribution is 0.596. The van der Waals surface area contributed by atoms with E-state index in [4.69, 9.17) is 5.73 Å². The molecule has 1 heterocycles. The summed E-state index contributed by atoms with van der Waals surface area (Å²) in [5.41, 5.74) is 6.76. The Kier molecular flexibility index (Phi) is 2.90. The van der Waals surface area contributed by atoms with Gasteiger partial charge in [-0.2, -0.15) is 0 Å². The average molecular weight is 219 g/mol. The van der Waals surface area contributed by atoms with Gasteiger partial charge in [-0.3, -0.25) is 0 Å². The zero-order valence-electron chi connectivity index (χ0n) is 9.15. The molecule has 0 bridgehead atoms. The molecule has 2 N–H and O–H groups in total. The van der Waals surface area contributed by atoms with Crippen molar-refractivity contribution in [3.8, 4) is 0 Å². The zero-order valence-corrected chi connectivity index (χ0v) is 9.15. The predicted molar refractivity (Wildman–Crippen MR) is 61.5 cm³/mol. The minimum atomic E-state index is -0.268. The lowest BCUT2D eigenvalue weighted by atomic mass is 10.1. The van der Waals surface area contributed by atoms with Crippen molar-refractivity contribution in [3.63, 3.8) is 0 Å². The van der Waals surface area contributed by atoms with E-state index < -0.39 is 0 Å². The fourth-order valence-corrected chi connectivity index (χ4v) is 1.71. The third-order valence-electron chi connectivity index (χ3n) is 2.60. The molecule has 0 fully saturated rings. The molecule has 0 amide bonds. The van der Waals surface area contributed by atoms with Crippen LogP contribution in [0.4, 0.5) is 10.1 Å². The Hall–Kier alpha value is -1.84. The SMILES string of the molecule is CCc1nccn1Cc1c(N)cccc1F. The van der Waals surface area contributed by atoms with E-state index in [1.165, 1.54) is 6.07 Å². The lowest BCUT2D eigenvalue weighted by Gasteiger charge is -2.09. The second kappa shape index (κ2) is 4.35. The van der Waals surface area contributed by atoms with Gasteiger partial charge in [0.25, 0.3) is 0 Å². The summed E-state index contributed by atoms with van der Waals surface area (Å²) in [6, 6.07) is 4.75. The molecule has 2 rings (SSSR count). The van der Waals surface area contributed by atoms with Crippen LogP contribution in [-0.4, -0.2) is 9.55 Å². The molecule has 1 aromatic carbocycles. The van der Waals surface area contributed by atoms with Crippen molar-refractivity contribution in [2.45, 2.75) is 19.9 Å². The molecule has 16 heavy (non-hydrogen) atoms. The van der Waals surface area contributed by atoms with Crippen molar-refractivity contribution in [2.24, 2.45) is 0 Å². The fraction of sp³-hybridized carbons (Fsp3) is 0.250. The highest BCUT2D eigenvalue weighted by Gasteiger charge is 2.08. The number of aromatic nitrogens is 2. The Bertz CT molecular complexity index is 471. The predicted octanol–water partition coefficient (Wildman–Crippen LogP) is 2.22. The average Bonchev–Trinajstić information content (AvgIpc) is 2.71. The van der Waals surface area contributed by atoms with Crippen LogP contribution in [0.1, 0.15) is 18.3 Å². The largest absolute Gasteiger partial charge is 0.398 e. The Morgan fingerprint density at radius 1 is 1.44 bits per heavy atom. The molecule has 0 radical (unpaired) electrons. The molecule has 3 nitrogen and oxygen atoms in total. The van der Waals surface area contributed by atoms with E-state index in [1.807, 2.05) is 17.7 Å². The summed E-state index contributed by atoms with van der Waals surface area (Å²) in [6.07, 6.45) is 4.38. The van der Waals surface area contributed by atoms with Gasteiger partial charge >= 0.3 is 0 Å². The summed E-state index contributed by atoms with van der Waals surface area (Å²) >= 11 is 0. The number of nitrogen functional groups attached to an aromatic ring is 1. The molecule has 0 saturated carbocycles. The molecule has 0 atom stereocenters. The summed E-state index contributed by atoms with van der Waals surface area (Å²) in [5.74, 6) is 0.665. The van der Waals surface area contributed by atoms with E-state index in [-0.39, 0.29) is 5.82 Å². The number of hydrogen-bond acceptors (Lipinski definition) is 2. The molecule has 4 heteroatoms. The molecule has 0 saturated heterocycles. The second-order valence-electron chi connectivity index (χ2n) is 3.63. The summed E-state index contributed by atoms with van der Waals surface area (Å²) in [4.78, 5) is 4.19. The van der Waals surface area contributed by atoms with Crippen molar-refractivity contribution in [1.82, 2.24) is 9.55 Å². The normalized spacial score (nSPS) is 10.6. The molecule has 0 aliphatic heterocycles. The van der Waals surface area contributed by atoms with Gasteiger partial charge in [-0.1, -0.05) is 13.0 Å². The highest BCUT2D eigenvalue weighted by atomic mass is 19.1. The number of rotatable bonds is 3. The third kappa shape index (κ3) is 1.91. The van der Waals surface area contributed by atoms with Gasteiger partial charge in [0, 0.05) is 30.1 Å². The van der Waals surface area contributed by atoms with Crippen LogP contribution in [0.15, 0.2) is 30.6 Å². The molecule has 0 aliphatic carbocycles. The van der Waals surface area contributed by atoms with E-state index in [2.05, 4.69) is 4.98 Å². The number of aryl methyl sites for hydroxylation is 1. The third-order valence-corrected chi connectivity index (χ3v) is 2.60. The van der Waals surface area contributed by atoms with Crippen molar-refractivity contribution in [1.29, 1.82) is 0 Å². The van der Waals surface area contributed by atoms with E-state index in [1.54, 1.807) is 18.3 Å². The highest BCUT2D eigenvalue weighted by molar-refractivity contribution is 5.47. The Morgan fingerprint density at radius 2 is 2.25 bits per heavy atom. The van der Waals surface area contributed by atoms with Crippen LogP contribution in [-0.2, 0) is 13.0 Å². The first-order valence-electron chi connectivity index (χ1n) is 5.25. The maximum Gasteiger partial charge on any atom is 0.130 e. The fourth-order valence-electron chi connectivity index (χ4n) is 1.71. The maximum absolute atomic E-state index is 13.6. The first-order valence-corrected chi connectivity index (χ1v) is 5.25. The monoisotopic (exact) mass is 219 g/mol. The van der Waals surface area contributed by atoms with E-state index in [9.17, 15) is 4.39 Å². The molecule has 0 aliphatic rings. The van der Waals surface area contributed by atoms with Crippen LogP contribution >= 0.6 is 0 Å². The number of nitrogens with zero attached hydrogens (tertiary/aromatic N) is 2. The number of nitrogens with two attached hydrogens (primary N) is 1. The van der Waals surface area contributed by atoms with Crippen molar-refractivity contribution < 1.29 is 4.39 Å². The summed E-state index contributed by atoms with van der Waals surface area (Å²) in [6.45, 7) is 2.45. The Morgan fingerprint density at radius 3 is 2.94 bits per heavy atom. The van der Waals surface area contributed by atoms with Crippen LogP contribution in [0.25, 0.3) is 0 Å². The summed E-state index contributed by atoms with van der Waals surface area (Å²) in [7, 11) is 0. The van der Waals surface area contributed by atoms with E-state index in [0.717, 1.165) is 12.2 Å². The van der Waals surface area contributed by atoms with Crippen molar-refractivity contribution in [2.75, 3.05) is 5.73 Å². The topological polar surface area (TPSA) is 43.8 Å². The molecule has 0 unspecified atom stereocenters. The Labute approximate surface area is 93.7 Å². The van der Waals surface area contributed by atoms with Crippen molar-refractivity contribution in [3.05, 3.63) is 47.8 Å². The summed E-state index contributed by atoms with van der Waals surface area (Å²) < 4.78 is 15.5. The van der Waals surface area contributed by atoms with Gasteiger partial charge in [0.2, 0.25) is 0 Å². The van der Waals surface area contributed by atoms with E-state index >= 15 is 0 Å². The molecule has 1 aromatic heterocycles. The van der Waals surface area contributed by atoms with Gasteiger partial charge in [-0.15, -0.1) is 0 Å². The van der Waals surface area contributed by atoms with Gasteiger partial charge in [0.1, 0.15) is 11.6 Å². The number of hydrogen-bond donors (Lipinski definition) is 1. The quantitative estimate of drug-likeness (QED) is 0.804. The Balaban J connectivity index is 2.34. The van der Waals surface area contributed by atoms with Crippen molar-refractivity contribution >= 4 is 5.69 Å². The van der Waals surface area contributed by atoms with Crippen LogP contribution in [0.3, 0.4) is 0 Å². The van der Waals surface area contributed by atoms with Gasteiger partial charge in [-0.25, -0.2) is 9.37 Å². The number of benzene rings is 1. The van der Waals surface area contributed by atoms with Gasteiger partial charge in [-0.05, 0) is 12.1 Å². The number of halogens is 1. The first kappa shape index (κ1) is 10.7. The minimum Gasteiger partial charge on any atom is -0.398 e. The summed E-state index contributed by atoms with van der Waals surface area (Å²) in [5, 5.41) is 0. The first-order chi connectivity index (χ1) is 7.72. The van der Waals surface area contributed by atoms with E-state index in [0.29, 0.717) is 17.8 Å². The maximum atomic E-state index is 13.6. The van der Waals surface area contributed by atoms with Crippen LogP contribution in [0.5, 0.6) is 0 Å². The molecule has 2 aromatic rings.